The first-order valence-electron chi connectivity index (χ1n) is 5.14. The Bertz CT molecular complexity index is 343. The topological polar surface area (TPSA) is 121 Å². The Morgan fingerprint density at radius 3 is 2.28 bits per heavy atom. The molecule has 8 heteroatoms. The van der Waals surface area contributed by atoms with E-state index in [2.05, 4.69) is 5.32 Å². The number of carbonyl (C=O) groups excluding carboxylic acids is 2. The molecule has 0 spiro atoms. The second-order valence-corrected chi connectivity index (χ2v) is 4.67. The predicted octanol–water partition coefficient (Wildman–Crippen LogP) is -0.257. The SMILES string of the molecule is CC(=O)CSCCC(=O)NC(CC(=O)O)C(=O)O. The van der Waals surface area contributed by atoms with Crippen molar-refractivity contribution in [2.24, 2.45) is 0 Å². The molecule has 18 heavy (non-hydrogen) atoms. The van der Waals surface area contributed by atoms with Crippen LogP contribution >= 0.6 is 11.8 Å². The van der Waals surface area contributed by atoms with Crippen molar-refractivity contribution in [2.75, 3.05) is 11.5 Å². The van der Waals surface area contributed by atoms with Crippen molar-refractivity contribution in [3.05, 3.63) is 0 Å². The molecule has 0 aromatic rings. The van der Waals surface area contributed by atoms with Gasteiger partial charge >= 0.3 is 11.9 Å². The van der Waals surface area contributed by atoms with Gasteiger partial charge in [0.2, 0.25) is 5.91 Å². The van der Waals surface area contributed by atoms with Crippen LogP contribution in [0.1, 0.15) is 19.8 Å². The van der Waals surface area contributed by atoms with Gasteiger partial charge in [-0.2, -0.15) is 11.8 Å². The zero-order valence-electron chi connectivity index (χ0n) is 9.84. The van der Waals surface area contributed by atoms with E-state index in [0.29, 0.717) is 11.5 Å². The number of thioether (sulfide) groups is 1. The standard InChI is InChI=1S/C10H15NO6S/c1-6(12)5-18-3-2-8(13)11-7(10(16)17)4-9(14)15/h7H,2-5H2,1H3,(H,11,13)(H,14,15)(H,16,17). The third-order valence-corrected chi connectivity index (χ3v) is 2.89. The summed E-state index contributed by atoms with van der Waals surface area (Å²) in [6.45, 7) is 1.43. The number of carbonyl (C=O) groups is 4. The Morgan fingerprint density at radius 2 is 1.83 bits per heavy atom. The molecule has 7 nitrogen and oxygen atoms in total. The van der Waals surface area contributed by atoms with E-state index >= 15 is 0 Å². The van der Waals surface area contributed by atoms with Crippen molar-refractivity contribution < 1.29 is 29.4 Å². The molecule has 0 saturated carbocycles. The first-order valence-corrected chi connectivity index (χ1v) is 6.29. The van der Waals surface area contributed by atoms with Crippen molar-refractivity contribution >= 4 is 35.4 Å². The number of ketones is 1. The highest BCUT2D eigenvalue weighted by molar-refractivity contribution is 7.99. The third-order valence-electron chi connectivity index (χ3n) is 1.79. The van der Waals surface area contributed by atoms with Crippen LogP contribution in [0.2, 0.25) is 0 Å². The highest BCUT2D eigenvalue weighted by atomic mass is 32.2. The molecule has 0 heterocycles. The first-order chi connectivity index (χ1) is 8.32. The van der Waals surface area contributed by atoms with E-state index in [1.54, 1.807) is 0 Å². The molecular formula is C10H15NO6S. The van der Waals surface area contributed by atoms with E-state index in [1.165, 1.54) is 18.7 Å². The fourth-order valence-electron chi connectivity index (χ4n) is 1.02. The van der Waals surface area contributed by atoms with Crippen LogP contribution < -0.4 is 5.32 Å². The molecule has 0 radical (unpaired) electrons. The van der Waals surface area contributed by atoms with Gasteiger partial charge in [0.05, 0.1) is 12.2 Å². The summed E-state index contributed by atoms with van der Waals surface area (Å²) in [5.41, 5.74) is 0. The quantitative estimate of drug-likeness (QED) is 0.496. The zero-order chi connectivity index (χ0) is 14.1. The predicted molar refractivity (Wildman–Crippen MR) is 64.4 cm³/mol. The molecule has 3 N–H and O–H groups in total. The molecular weight excluding hydrogens is 262 g/mol. The van der Waals surface area contributed by atoms with Crippen LogP contribution in [0.15, 0.2) is 0 Å². The number of hydrogen-bond acceptors (Lipinski definition) is 5. The van der Waals surface area contributed by atoms with Gasteiger partial charge in [-0.1, -0.05) is 0 Å². The van der Waals surface area contributed by atoms with E-state index < -0.39 is 30.3 Å². The average molecular weight is 277 g/mol. The van der Waals surface area contributed by atoms with Crippen LogP contribution in [0, 0.1) is 0 Å². The fraction of sp³-hybridized carbons (Fsp3) is 0.600. The molecule has 0 bridgehead atoms. The minimum absolute atomic E-state index is 0.00491. The molecule has 0 aromatic carbocycles. The van der Waals surface area contributed by atoms with Gasteiger partial charge in [0.15, 0.2) is 0 Å². The molecule has 0 aliphatic heterocycles. The lowest BCUT2D eigenvalue weighted by atomic mass is 10.2. The third kappa shape index (κ3) is 8.57. The summed E-state index contributed by atoms with van der Waals surface area (Å²) >= 11 is 1.26. The van der Waals surface area contributed by atoms with Gasteiger partial charge in [0.1, 0.15) is 11.8 Å². The van der Waals surface area contributed by atoms with Crippen molar-refractivity contribution in [1.82, 2.24) is 5.32 Å². The number of rotatable bonds is 9. The number of carboxylic acids is 2. The maximum absolute atomic E-state index is 11.3. The smallest absolute Gasteiger partial charge is 0.326 e. The first kappa shape index (κ1) is 16.4. The van der Waals surface area contributed by atoms with Crippen LogP contribution in [0.3, 0.4) is 0 Å². The summed E-state index contributed by atoms with van der Waals surface area (Å²) in [5, 5.41) is 19.3. The average Bonchev–Trinajstić information content (AvgIpc) is 2.22. The molecule has 1 atom stereocenters. The van der Waals surface area contributed by atoms with Crippen LogP contribution in [0.25, 0.3) is 0 Å². The number of carboxylic acid groups (broad SMARTS) is 2. The van der Waals surface area contributed by atoms with Crippen LogP contribution in [-0.2, 0) is 19.2 Å². The van der Waals surface area contributed by atoms with Gasteiger partial charge in [-0.3, -0.25) is 14.4 Å². The van der Waals surface area contributed by atoms with Crippen molar-refractivity contribution in [2.45, 2.75) is 25.8 Å². The van der Waals surface area contributed by atoms with Gasteiger partial charge in [0, 0.05) is 12.2 Å². The Kier molecular flexibility index (Phi) is 7.77. The van der Waals surface area contributed by atoms with Gasteiger partial charge in [-0.15, -0.1) is 0 Å². The van der Waals surface area contributed by atoms with Gasteiger partial charge in [-0.25, -0.2) is 4.79 Å². The number of hydrogen-bond donors (Lipinski definition) is 3. The molecule has 0 aliphatic carbocycles. The summed E-state index contributed by atoms with van der Waals surface area (Å²) in [5.74, 6) is -2.56. The Labute approximate surface area is 108 Å². The van der Waals surface area contributed by atoms with Crippen LogP contribution in [0.4, 0.5) is 0 Å². The fourth-order valence-corrected chi connectivity index (χ4v) is 1.78. The molecule has 102 valence electrons. The normalized spacial score (nSPS) is 11.6. The lowest BCUT2D eigenvalue weighted by molar-refractivity contribution is -0.147. The van der Waals surface area contributed by atoms with Gasteiger partial charge < -0.3 is 15.5 Å². The largest absolute Gasteiger partial charge is 0.481 e. The maximum atomic E-state index is 11.3. The number of Topliss-reactive ketones (excluding diaryl/α,β-unsaturated/α-hetero) is 1. The Hall–Kier alpha value is -1.57. The second-order valence-electron chi connectivity index (χ2n) is 3.56. The van der Waals surface area contributed by atoms with E-state index in [-0.39, 0.29) is 12.2 Å². The molecule has 0 rings (SSSR count). The summed E-state index contributed by atoms with van der Waals surface area (Å²) in [6.07, 6.45) is -0.622. The van der Waals surface area contributed by atoms with Crippen molar-refractivity contribution in [3.63, 3.8) is 0 Å². The summed E-state index contributed by atoms with van der Waals surface area (Å²) in [7, 11) is 0. The minimum atomic E-state index is -1.42. The zero-order valence-corrected chi connectivity index (χ0v) is 10.7. The lowest BCUT2D eigenvalue weighted by Crippen LogP contribution is -2.42. The molecule has 0 aliphatic rings. The molecule has 1 unspecified atom stereocenters. The molecule has 0 saturated heterocycles. The van der Waals surface area contributed by atoms with E-state index in [9.17, 15) is 19.2 Å². The van der Waals surface area contributed by atoms with Gasteiger partial charge in [-0.05, 0) is 6.92 Å². The minimum Gasteiger partial charge on any atom is -0.481 e. The van der Waals surface area contributed by atoms with E-state index in [1.807, 2.05) is 0 Å². The molecule has 0 aromatic heterocycles. The number of amides is 1. The van der Waals surface area contributed by atoms with Crippen LogP contribution in [-0.4, -0.2) is 51.4 Å². The van der Waals surface area contributed by atoms with Crippen molar-refractivity contribution in [1.29, 1.82) is 0 Å². The highest BCUT2D eigenvalue weighted by Crippen LogP contribution is 2.03. The van der Waals surface area contributed by atoms with E-state index in [4.69, 9.17) is 10.2 Å². The maximum Gasteiger partial charge on any atom is 0.326 e. The Balaban J connectivity index is 3.99. The monoisotopic (exact) mass is 277 g/mol. The van der Waals surface area contributed by atoms with Crippen molar-refractivity contribution in [3.8, 4) is 0 Å². The molecule has 1 amide bonds. The summed E-state index contributed by atoms with van der Waals surface area (Å²) < 4.78 is 0. The molecule has 0 fully saturated rings. The highest BCUT2D eigenvalue weighted by Gasteiger charge is 2.22. The number of nitrogens with one attached hydrogen (secondary N) is 1. The van der Waals surface area contributed by atoms with E-state index in [0.717, 1.165) is 0 Å². The summed E-state index contributed by atoms with van der Waals surface area (Å²) in [4.78, 5) is 43.0. The Morgan fingerprint density at radius 1 is 1.22 bits per heavy atom. The van der Waals surface area contributed by atoms with Gasteiger partial charge in [0.25, 0.3) is 0 Å². The summed E-state index contributed by atoms with van der Waals surface area (Å²) in [6, 6.07) is -1.42. The second kappa shape index (κ2) is 8.51. The lowest BCUT2D eigenvalue weighted by Gasteiger charge is -2.11. The van der Waals surface area contributed by atoms with Crippen LogP contribution in [0.5, 0.6) is 0 Å². The number of aliphatic carboxylic acids is 2.